The quantitative estimate of drug-likeness (QED) is 0.175. The van der Waals surface area contributed by atoms with Gasteiger partial charge in [-0.15, -0.1) is 0 Å². The van der Waals surface area contributed by atoms with Crippen LogP contribution < -0.4 is 4.90 Å². The zero-order valence-corrected chi connectivity index (χ0v) is 27.3. The van der Waals surface area contributed by atoms with Gasteiger partial charge in [0.05, 0.1) is 5.69 Å². The molecule has 9 aromatic carbocycles. The van der Waals surface area contributed by atoms with Crippen molar-refractivity contribution in [1.29, 1.82) is 0 Å². The minimum atomic E-state index is 0.907. The molecule has 0 aliphatic carbocycles. The molecule has 0 unspecified atom stereocenters. The van der Waals surface area contributed by atoms with E-state index < -0.39 is 0 Å². The average molecular weight is 638 g/mol. The van der Waals surface area contributed by atoms with E-state index in [9.17, 15) is 0 Å². The van der Waals surface area contributed by atoms with E-state index in [-0.39, 0.29) is 0 Å². The van der Waals surface area contributed by atoms with Gasteiger partial charge in [0, 0.05) is 33.1 Å². The summed E-state index contributed by atoms with van der Waals surface area (Å²) in [7, 11) is 0. The van der Waals surface area contributed by atoms with Crippen LogP contribution in [0.15, 0.2) is 192 Å². The molecule has 0 saturated heterocycles. The molecular weight excluding hydrogens is 607 g/mol. The highest BCUT2D eigenvalue weighted by Gasteiger charge is 2.18. The van der Waals surface area contributed by atoms with Gasteiger partial charge in [-0.3, -0.25) is 0 Å². The minimum absolute atomic E-state index is 0.907. The molecule has 0 saturated carbocycles. The zero-order valence-electron chi connectivity index (χ0n) is 27.3. The molecule has 1 aromatic heterocycles. The van der Waals surface area contributed by atoms with Gasteiger partial charge in [0.1, 0.15) is 11.2 Å². The second-order valence-corrected chi connectivity index (χ2v) is 12.9. The Labute approximate surface area is 290 Å². The van der Waals surface area contributed by atoms with Gasteiger partial charge in [-0.05, 0) is 92.2 Å². The monoisotopic (exact) mass is 637 g/mol. The first-order chi connectivity index (χ1) is 24.8. The van der Waals surface area contributed by atoms with Crippen molar-refractivity contribution in [3.63, 3.8) is 0 Å². The number of benzene rings is 9. The number of nitrogens with zero attached hydrogens (tertiary/aromatic N) is 1. The summed E-state index contributed by atoms with van der Waals surface area (Å²) < 4.78 is 6.40. The Morgan fingerprint density at radius 1 is 0.340 bits per heavy atom. The smallest absolute Gasteiger partial charge is 0.143 e. The number of hydrogen-bond donors (Lipinski definition) is 0. The van der Waals surface area contributed by atoms with Crippen LogP contribution in [0.1, 0.15) is 0 Å². The topological polar surface area (TPSA) is 16.4 Å². The van der Waals surface area contributed by atoms with Crippen LogP contribution in [-0.4, -0.2) is 0 Å². The predicted octanol–water partition coefficient (Wildman–Crippen LogP) is 13.8. The summed E-state index contributed by atoms with van der Waals surface area (Å²) in [4.78, 5) is 2.39. The fraction of sp³-hybridized carbons (Fsp3) is 0. The molecule has 0 aliphatic heterocycles. The van der Waals surface area contributed by atoms with E-state index in [4.69, 9.17) is 4.42 Å². The van der Waals surface area contributed by atoms with Crippen LogP contribution >= 0.6 is 0 Å². The van der Waals surface area contributed by atoms with Crippen molar-refractivity contribution < 1.29 is 4.42 Å². The molecule has 0 fully saturated rings. The number of hydrogen-bond acceptors (Lipinski definition) is 2. The molecular formula is C48H31NO. The van der Waals surface area contributed by atoms with Crippen molar-refractivity contribution in [2.24, 2.45) is 0 Å². The normalized spacial score (nSPS) is 11.6. The molecule has 0 atom stereocenters. The van der Waals surface area contributed by atoms with Gasteiger partial charge < -0.3 is 9.32 Å². The van der Waals surface area contributed by atoms with E-state index in [1.54, 1.807) is 0 Å². The van der Waals surface area contributed by atoms with Gasteiger partial charge >= 0.3 is 0 Å². The van der Waals surface area contributed by atoms with E-state index >= 15 is 0 Å². The Balaban J connectivity index is 1.11. The SMILES string of the molecule is c1ccc(-c2ccccc2N(c2ccc(-c3ccc4oc5c6ccccc6ccc5c4c3)cc2)c2ccc3c(ccc4ccccc43)c2)cc1. The fourth-order valence-electron chi connectivity index (χ4n) is 7.58. The van der Waals surface area contributed by atoms with Gasteiger partial charge in [-0.2, -0.15) is 0 Å². The Bertz CT molecular complexity index is 2870. The van der Waals surface area contributed by atoms with Gasteiger partial charge in [-0.1, -0.05) is 140 Å². The van der Waals surface area contributed by atoms with Crippen molar-refractivity contribution in [1.82, 2.24) is 0 Å². The van der Waals surface area contributed by atoms with E-state index in [1.807, 2.05) is 0 Å². The van der Waals surface area contributed by atoms with Gasteiger partial charge in [0.2, 0.25) is 0 Å². The Kier molecular flexibility index (Phi) is 6.53. The molecule has 0 bridgehead atoms. The molecule has 0 spiro atoms. The first kappa shape index (κ1) is 28.4. The minimum Gasteiger partial charge on any atom is -0.455 e. The third-order valence-corrected chi connectivity index (χ3v) is 10.0. The molecule has 234 valence electrons. The Hall–Kier alpha value is -6.64. The molecule has 50 heavy (non-hydrogen) atoms. The fourth-order valence-corrected chi connectivity index (χ4v) is 7.58. The third-order valence-electron chi connectivity index (χ3n) is 10.0. The molecule has 1 heterocycles. The van der Waals surface area contributed by atoms with E-state index in [0.717, 1.165) is 55.5 Å². The second kappa shape index (κ2) is 11.5. The summed E-state index contributed by atoms with van der Waals surface area (Å²) in [6.07, 6.45) is 0. The molecule has 0 aliphatic rings. The Morgan fingerprint density at radius 2 is 0.960 bits per heavy atom. The first-order valence-electron chi connectivity index (χ1n) is 17.1. The number of rotatable bonds is 5. The Morgan fingerprint density at radius 3 is 1.82 bits per heavy atom. The predicted molar refractivity (Wildman–Crippen MR) is 212 cm³/mol. The van der Waals surface area contributed by atoms with Crippen LogP contribution in [0.4, 0.5) is 17.1 Å². The summed E-state index contributed by atoms with van der Waals surface area (Å²) in [5.41, 5.74) is 9.88. The van der Waals surface area contributed by atoms with E-state index in [1.165, 1.54) is 38.1 Å². The highest BCUT2D eigenvalue weighted by Crippen LogP contribution is 2.43. The number of para-hydroxylation sites is 1. The zero-order chi connectivity index (χ0) is 33.0. The third kappa shape index (κ3) is 4.65. The lowest BCUT2D eigenvalue weighted by Gasteiger charge is -2.28. The second-order valence-electron chi connectivity index (χ2n) is 12.9. The molecule has 2 nitrogen and oxygen atoms in total. The van der Waals surface area contributed by atoms with Crippen LogP contribution in [0.5, 0.6) is 0 Å². The molecule has 2 heteroatoms. The van der Waals surface area contributed by atoms with Crippen molar-refractivity contribution in [2.75, 3.05) is 4.90 Å². The van der Waals surface area contributed by atoms with Crippen molar-refractivity contribution in [3.8, 4) is 22.3 Å². The molecule has 0 N–H and O–H groups in total. The lowest BCUT2D eigenvalue weighted by Crippen LogP contribution is -2.11. The maximum absolute atomic E-state index is 6.40. The first-order valence-corrected chi connectivity index (χ1v) is 17.1. The maximum Gasteiger partial charge on any atom is 0.143 e. The highest BCUT2D eigenvalue weighted by atomic mass is 16.3. The van der Waals surface area contributed by atoms with Crippen LogP contribution in [0, 0.1) is 0 Å². The molecule has 0 amide bonds. The van der Waals surface area contributed by atoms with Gasteiger partial charge in [0.15, 0.2) is 0 Å². The van der Waals surface area contributed by atoms with E-state index in [2.05, 4.69) is 193 Å². The lowest BCUT2D eigenvalue weighted by atomic mass is 9.99. The number of anilines is 3. The average Bonchev–Trinajstić information content (AvgIpc) is 3.57. The maximum atomic E-state index is 6.40. The number of furan rings is 1. The van der Waals surface area contributed by atoms with Crippen molar-refractivity contribution in [3.05, 3.63) is 188 Å². The standard InChI is InChI=1S/C48H31NO/c1-2-10-33(11-3-1)42-15-8-9-17-46(42)49(39-26-28-41-37(30-39)19-18-34-12-4-6-14-40(34)41)38-24-20-32(21-25-38)36-23-29-47-45(31-36)44-27-22-35-13-5-7-16-43(35)48(44)50-47/h1-31H. The van der Waals surface area contributed by atoms with Crippen LogP contribution in [-0.2, 0) is 0 Å². The van der Waals surface area contributed by atoms with Crippen molar-refractivity contribution in [2.45, 2.75) is 0 Å². The van der Waals surface area contributed by atoms with Crippen LogP contribution in [0.3, 0.4) is 0 Å². The lowest BCUT2D eigenvalue weighted by molar-refractivity contribution is 0.672. The number of fused-ring (bicyclic) bond motifs is 8. The van der Waals surface area contributed by atoms with Crippen LogP contribution in [0.2, 0.25) is 0 Å². The van der Waals surface area contributed by atoms with Crippen molar-refractivity contribution >= 4 is 71.3 Å². The summed E-state index contributed by atoms with van der Waals surface area (Å²) in [6, 6.07) is 67.6. The molecule has 10 aromatic rings. The molecule has 0 radical (unpaired) electrons. The van der Waals surface area contributed by atoms with Crippen LogP contribution in [0.25, 0.3) is 76.5 Å². The summed E-state index contributed by atoms with van der Waals surface area (Å²) in [5.74, 6) is 0. The summed E-state index contributed by atoms with van der Waals surface area (Å²) in [5, 5.41) is 9.61. The summed E-state index contributed by atoms with van der Waals surface area (Å²) in [6.45, 7) is 0. The van der Waals surface area contributed by atoms with Gasteiger partial charge in [-0.25, -0.2) is 0 Å². The highest BCUT2D eigenvalue weighted by molar-refractivity contribution is 6.15. The van der Waals surface area contributed by atoms with Gasteiger partial charge in [0.25, 0.3) is 0 Å². The van der Waals surface area contributed by atoms with E-state index in [0.29, 0.717) is 0 Å². The summed E-state index contributed by atoms with van der Waals surface area (Å²) >= 11 is 0. The molecule has 10 rings (SSSR count). The largest absolute Gasteiger partial charge is 0.455 e.